The van der Waals surface area contributed by atoms with Gasteiger partial charge in [0.1, 0.15) is 17.3 Å². The maximum Gasteiger partial charge on any atom is 0.419 e. The van der Waals surface area contributed by atoms with E-state index in [2.05, 4.69) is 9.97 Å². The number of ether oxygens (including phenoxy) is 1. The van der Waals surface area contributed by atoms with E-state index in [1.807, 2.05) is 12.1 Å². The molecule has 0 atom stereocenters. The Morgan fingerprint density at radius 2 is 2.00 bits per heavy atom. The van der Waals surface area contributed by atoms with Crippen molar-refractivity contribution in [3.63, 3.8) is 0 Å². The zero-order valence-corrected chi connectivity index (χ0v) is 14.8. The largest absolute Gasteiger partial charge is 0.493 e. The quantitative estimate of drug-likeness (QED) is 0.614. The summed E-state index contributed by atoms with van der Waals surface area (Å²) in [5, 5.41) is 17.8. The van der Waals surface area contributed by atoms with Gasteiger partial charge in [-0.3, -0.25) is 0 Å². The van der Waals surface area contributed by atoms with Gasteiger partial charge in [0.05, 0.1) is 35.8 Å². The molecule has 0 saturated heterocycles. The second kappa shape index (κ2) is 7.57. The number of alkyl halides is 3. The minimum atomic E-state index is -4.63. The molecule has 0 aliphatic carbocycles. The fraction of sp³-hybridized carbons (Fsp3) is 0.263. The van der Waals surface area contributed by atoms with Gasteiger partial charge in [-0.2, -0.15) is 23.7 Å². The van der Waals surface area contributed by atoms with Gasteiger partial charge in [0.15, 0.2) is 5.69 Å². The maximum absolute atomic E-state index is 13.5. The Labute approximate surface area is 158 Å². The van der Waals surface area contributed by atoms with Gasteiger partial charge in [-0.25, -0.2) is 9.97 Å². The van der Waals surface area contributed by atoms with Crippen molar-refractivity contribution in [3.8, 4) is 29.1 Å². The lowest BCUT2D eigenvalue weighted by Gasteiger charge is -2.15. The van der Waals surface area contributed by atoms with Crippen molar-refractivity contribution in [2.24, 2.45) is 7.05 Å². The summed E-state index contributed by atoms with van der Waals surface area (Å²) in [4.78, 5) is 8.26. The van der Waals surface area contributed by atoms with Crippen LogP contribution in [-0.2, 0) is 13.2 Å². The summed E-state index contributed by atoms with van der Waals surface area (Å²) in [6.07, 6.45) is -2.59. The molecule has 28 heavy (non-hydrogen) atoms. The van der Waals surface area contributed by atoms with Gasteiger partial charge in [0.2, 0.25) is 0 Å². The molecule has 0 saturated carbocycles. The average Bonchev–Trinajstić information content (AvgIpc) is 3.05. The Morgan fingerprint density at radius 3 is 2.68 bits per heavy atom. The summed E-state index contributed by atoms with van der Waals surface area (Å²) in [6, 6.07) is 9.07. The molecule has 142 valence electrons. The lowest BCUT2D eigenvalue weighted by atomic mass is 10.1. The van der Waals surface area contributed by atoms with E-state index in [0.29, 0.717) is 17.5 Å². The van der Waals surface area contributed by atoms with E-state index in [1.165, 1.54) is 18.5 Å². The first-order chi connectivity index (χ1) is 13.3. The number of fused-ring (bicyclic) bond motifs is 1. The molecule has 1 aromatic carbocycles. The second-order valence-electron chi connectivity index (χ2n) is 6.01. The number of aromatic nitrogens is 3. The van der Waals surface area contributed by atoms with E-state index in [4.69, 9.17) is 10.00 Å². The third-order valence-corrected chi connectivity index (χ3v) is 4.09. The molecule has 0 fully saturated rings. The number of unbranched alkanes of at least 4 members (excludes halogenated alkanes) is 1. The average molecular weight is 385 g/mol. The Hall–Kier alpha value is -3.59. The number of nitriles is 2. The predicted molar refractivity (Wildman–Crippen MR) is 94.0 cm³/mol. The number of nitrogens with zero attached hydrogens (tertiary/aromatic N) is 5. The van der Waals surface area contributed by atoms with Gasteiger partial charge in [-0.1, -0.05) is 0 Å². The number of aryl methyl sites for hydroxylation is 1. The number of rotatable bonds is 5. The summed E-state index contributed by atoms with van der Waals surface area (Å²) < 4.78 is 47.4. The molecule has 3 rings (SSSR count). The van der Waals surface area contributed by atoms with Gasteiger partial charge in [0.25, 0.3) is 0 Å². The van der Waals surface area contributed by atoms with Crippen molar-refractivity contribution in [2.75, 3.05) is 6.61 Å². The van der Waals surface area contributed by atoms with Crippen LogP contribution in [0.3, 0.4) is 0 Å². The van der Waals surface area contributed by atoms with E-state index in [9.17, 15) is 18.4 Å². The molecule has 0 unspecified atom stereocenters. The van der Waals surface area contributed by atoms with Crippen LogP contribution in [0.25, 0.3) is 22.3 Å². The van der Waals surface area contributed by atoms with E-state index < -0.39 is 11.7 Å². The zero-order chi connectivity index (χ0) is 20.3. The standard InChI is InChI=1S/C19H14F3N5O/c1-27-11-25-18-15(10-24)26-14(9-16(18)27)12-4-5-17(28-7-3-2-6-23)13(8-12)19(20,21)22/h4-5,8-9,11H,2-3,7H2,1H3. The van der Waals surface area contributed by atoms with Gasteiger partial charge >= 0.3 is 6.18 Å². The normalized spacial score (nSPS) is 11.2. The number of imidazole rings is 1. The van der Waals surface area contributed by atoms with Crippen molar-refractivity contribution in [1.82, 2.24) is 14.5 Å². The molecule has 0 aliphatic heterocycles. The van der Waals surface area contributed by atoms with E-state index >= 15 is 0 Å². The number of hydrogen-bond donors (Lipinski definition) is 0. The van der Waals surface area contributed by atoms with Crippen molar-refractivity contribution < 1.29 is 17.9 Å². The van der Waals surface area contributed by atoms with Crippen molar-refractivity contribution in [1.29, 1.82) is 10.5 Å². The number of halogens is 3. The molecule has 2 aromatic heterocycles. The van der Waals surface area contributed by atoms with Crippen LogP contribution in [0.4, 0.5) is 13.2 Å². The lowest BCUT2D eigenvalue weighted by Crippen LogP contribution is -2.10. The van der Waals surface area contributed by atoms with Crippen LogP contribution in [0.2, 0.25) is 0 Å². The summed E-state index contributed by atoms with van der Waals surface area (Å²) in [5.41, 5.74) is 0.519. The number of pyridine rings is 1. The highest BCUT2D eigenvalue weighted by Crippen LogP contribution is 2.39. The summed E-state index contributed by atoms with van der Waals surface area (Å²) >= 11 is 0. The Morgan fingerprint density at radius 1 is 1.21 bits per heavy atom. The molecule has 3 aromatic rings. The highest BCUT2D eigenvalue weighted by molar-refractivity contribution is 5.84. The number of hydrogen-bond acceptors (Lipinski definition) is 5. The predicted octanol–water partition coefficient (Wildman–Crippen LogP) is 4.21. The lowest BCUT2D eigenvalue weighted by molar-refractivity contribution is -0.138. The molecule has 0 spiro atoms. The van der Waals surface area contributed by atoms with Gasteiger partial charge < -0.3 is 9.30 Å². The first kappa shape index (κ1) is 19.2. The van der Waals surface area contributed by atoms with Crippen LogP contribution in [0.15, 0.2) is 30.6 Å². The minimum absolute atomic E-state index is 0.00773. The van der Waals surface area contributed by atoms with E-state index in [0.717, 1.165) is 6.07 Å². The van der Waals surface area contributed by atoms with Gasteiger partial charge in [0, 0.05) is 19.0 Å². The maximum atomic E-state index is 13.5. The van der Waals surface area contributed by atoms with Crippen LogP contribution in [0.1, 0.15) is 24.1 Å². The first-order valence-corrected chi connectivity index (χ1v) is 8.28. The monoisotopic (exact) mass is 385 g/mol. The molecule has 0 amide bonds. The summed E-state index contributed by atoms with van der Waals surface area (Å²) in [5.74, 6) is -0.309. The van der Waals surface area contributed by atoms with Gasteiger partial charge in [-0.05, 0) is 30.7 Å². The molecule has 6 nitrogen and oxygen atoms in total. The number of benzene rings is 1. The van der Waals surface area contributed by atoms with Crippen LogP contribution in [0, 0.1) is 22.7 Å². The molecule has 0 bridgehead atoms. The fourth-order valence-corrected chi connectivity index (χ4v) is 2.72. The fourth-order valence-electron chi connectivity index (χ4n) is 2.72. The molecule has 9 heteroatoms. The highest BCUT2D eigenvalue weighted by atomic mass is 19.4. The SMILES string of the molecule is Cn1cnc2c(C#N)nc(-c3ccc(OCCCC#N)c(C(F)(F)F)c3)cc21. The Bertz CT molecular complexity index is 1110. The van der Waals surface area contributed by atoms with Crippen molar-refractivity contribution >= 4 is 11.0 Å². The smallest absolute Gasteiger partial charge is 0.419 e. The van der Waals surface area contributed by atoms with Crippen LogP contribution < -0.4 is 4.74 Å². The molecular weight excluding hydrogens is 371 g/mol. The van der Waals surface area contributed by atoms with Gasteiger partial charge in [-0.15, -0.1) is 0 Å². The summed E-state index contributed by atoms with van der Waals surface area (Å²) in [6.45, 7) is 0.00773. The molecule has 0 N–H and O–H groups in total. The molecular formula is C19H14F3N5O. The van der Waals surface area contributed by atoms with Crippen molar-refractivity contribution in [2.45, 2.75) is 19.0 Å². The summed E-state index contributed by atoms with van der Waals surface area (Å²) in [7, 11) is 1.72. The van der Waals surface area contributed by atoms with E-state index in [-0.39, 0.29) is 35.7 Å². The van der Waals surface area contributed by atoms with Crippen LogP contribution in [0.5, 0.6) is 5.75 Å². The highest BCUT2D eigenvalue weighted by Gasteiger charge is 2.35. The third-order valence-electron chi connectivity index (χ3n) is 4.09. The third kappa shape index (κ3) is 3.74. The zero-order valence-electron chi connectivity index (χ0n) is 14.8. The first-order valence-electron chi connectivity index (χ1n) is 8.28. The topological polar surface area (TPSA) is 87.5 Å². The Balaban J connectivity index is 2.06. The Kier molecular flexibility index (Phi) is 5.18. The molecule has 0 aliphatic rings. The molecule has 2 heterocycles. The van der Waals surface area contributed by atoms with Crippen LogP contribution >= 0.6 is 0 Å². The van der Waals surface area contributed by atoms with Crippen molar-refractivity contribution in [3.05, 3.63) is 41.9 Å². The second-order valence-corrected chi connectivity index (χ2v) is 6.01. The van der Waals surface area contributed by atoms with Crippen LogP contribution in [-0.4, -0.2) is 21.1 Å². The molecule has 0 radical (unpaired) electrons. The minimum Gasteiger partial charge on any atom is -0.493 e. The van der Waals surface area contributed by atoms with E-state index in [1.54, 1.807) is 17.7 Å².